The molecule has 2 atom stereocenters. The van der Waals surface area contributed by atoms with Gasteiger partial charge in [0, 0.05) is 45.6 Å². The molecule has 1 N–H and O–H groups in total. The molecule has 0 aliphatic carbocycles. The molecule has 0 radical (unpaired) electrons. The first-order valence-corrected chi connectivity index (χ1v) is 9.48. The van der Waals surface area contributed by atoms with E-state index >= 15 is 0 Å². The average molecular weight is 410 g/mol. The maximum absolute atomic E-state index is 13.2. The summed E-state index contributed by atoms with van der Waals surface area (Å²) in [4.78, 5) is 21.6. The predicted octanol–water partition coefficient (Wildman–Crippen LogP) is 2.54. The molecule has 1 amide bonds. The van der Waals surface area contributed by atoms with Crippen LogP contribution in [0, 0.1) is 5.82 Å². The van der Waals surface area contributed by atoms with Crippen molar-refractivity contribution in [2.45, 2.75) is 25.9 Å². The Kier molecular flexibility index (Phi) is 7.98. The van der Waals surface area contributed by atoms with Gasteiger partial charge in [0.05, 0.1) is 18.6 Å². The van der Waals surface area contributed by atoms with Gasteiger partial charge in [-0.15, -0.1) is 12.4 Å². The van der Waals surface area contributed by atoms with E-state index in [1.807, 2.05) is 36.6 Å². The largest absolute Gasteiger partial charge is 0.337 e. The number of rotatable bonds is 6. The highest BCUT2D eigenvalue weighted by atomic mass is 35.5. The zero-order valence-electron chi connectivity index (χ0n) is 16.6. The molecule has 1 fully saturated rings. The van der Waals surface area contributed by atoms with E-state index < -0.39 is 0 Å². The van der Waals surface area contributed by atoms with Crippen molar-refractivity contribution in [1.82, 2.24) is 24.7 Å². The number of piperazine rings is 1. The summed E-state index contributed by atoms with van der Waals surface area (Å²) in [6.45, 7) is 7.35. The predicted molar refractivity (Wildman–Crippen MR) is 110 cm³/mol. The van der Waals surface area contributed by atoms with E-state index in [0.29, 0.717) is 13.1 Å². The zero-order chi connectivity index (χ0) is 19.4. The number of likely N-dealkylation sites (N-methyl/N-ethyl adjacent to an activating group) is 1. The van der Waals surface area contributed by atoms with Crippen LogP contribution in [0.5, 0.6) is 0 Å². The van der Waals surface area contributed by atoms with Crippen molar-refractivity contribution in [1.29, 1.82) is 0 Å². The van der Waals surface area contributed by atoms with Crippen LogP contribution in [0.1, 0.15) is 37.3 Å². The molecule has 1 saturated heterocycles. The third kappa shape index (κ3) is 4.90. The van der Waals surface area contributed by atoms with Gasteiger partial charge in [0.15, 0.2) is 0 Å². The molecule has 1 aliphatic heterocycles. The van der Waals surface area contributed by atoms with Gasteiger partial charge in [0.1, 0.15) is 11.6 Å². The monoisotopic (exact) mass is 409 g/mol. The number of hydrogen-bond acceptors (Lipinski definition) is 4. The molecule has 2 heterocycles. The number of nitrogens with zero attached hydrogens (tertiary/aromatic N) is 4. The van der Waals surface area contributed by atoms with Crippen LogP contribution in [-0.4, -0.2) is 58.0 Å². The van der Waals surface area contributed by atoms with E-state index in [2.05, 4.69) is 15.2 Å². The topological polar surface area (TPSA) is 53.4 Å². The van der Waals surface area contributed by atoms with Crippen molar-refractivity contribution >= 4 is 18.3 Å². The first-order valence-electron chi connectivity index (χ1n) is 9.48. The number of carbonyl (C=O) groups excluding carboxylic acids is 1. The summed E-state index contributed by atoms with van der Waals surface area (Å²) < 4.78 is 15.2. The molecule has 2 aromatic rings. The third-order valence-corrected chi connectivity index (χ3v) is 5.33. The van der Waals surface area contributed by atoms with Gasteiger partial charge < -0.3 is 14.8 Å². The third-order valence-electron chi connectivity index (χ3n) is 5.33. The summed E-state index contributed by atoms with van der Waals surface area (Å²) in [5.41, 5.74) is 0.938. The standard InChI is InChI=1S/C20H28FN5O.ClH/c1-4-26(15(2)16-5-7-17(21)8-6-16)19(27)14-25-12-9-22-13-18(25)20-23-10-11-24(20)3;/h5-8,10-11,15,18,22H,4,9,12-14H2,1-3H3;1H. The minimum absolute atomic E-state index is 0. The number of carbonyl (C=O) groups is 1. The van der Waals surface area contributed by atoms with Gasteiger partial charge in [0.25, 0.3) is 0 Å². The average Bonchev–Trinajstić information content (AvgIpc) is 3.09. The van der Waals surface area contributed by atoms with Crippen molar-refractivity contribution < 1.29 is 9.18 Å². The second kappa shape index (κ2) is 10.0. The second-order valence-corrected chi connectivity index (χ2v) is 6.99. The number of benzene rings is 1. The highest BCUT2D eigenvalue weighted by Gasteiger charge is 2.30. The highest BCUT2D eigenvalue weighted by molar-refractivity contribution is 5.85. The number of aryl methyl sites for hydroxylation is 1. The lowest BCUT2D eigenvalue weighted by molar-refractivity contribution is -0.135. The van der Waals surface area contributed by atoms with Gasteiger partial charge >= 0.3 is 0 Å². The molecule has 28 heavy (non-hydrogen) atoms. The lowest BCUT2D eigenvalue weighted by Gasteiger charge is -2.37. The SMILES string of the molecule is CCN(C(=O)CN1CCNCC1c1nccn1C)C(C)c1ccc(F)cc1.Cl. The number of aromatic nitrogens is 2. The lowest BCUT2D eigenvalue weighted by Crippen LogP contribution is -2.51. The van der Waals surface area contributed by atoms with E-state index in [1.54, 1.807) is 18.3 Å². The van der Waals surface area contributed by atoms with E-state index in [1.165, 1.54) is 12.1 Å². The summed E-state index contributed by atoms with van der Waals surface area (Å²) in [5.74, 6) is 0.777. The van der Waals surface area contributed by atoms with Gasteiger partial charge in [-0.25, -0.2) is 9.37 Å². The Morgan fingerprint density at radius 1 is 1.39 bits per heavy atom. The Labute approximate surface area is 172 Å². The van der Waals surface area contributed by atoms with Gasteiger partial charge in [0.2, 0.25) is 5.91 Å². The maximum Gasteiger partial charge on any atom is 0.237 e. The first-order chi connectivity index (χ1) is 13.0. The summed E-state index contributed by atoms with van der Waals surface area (Å²) in [6.07, 6.45) is 3.72. The van der Waals surface area contributed by atoms with Crippen molar-refractivity contribution in [3.8, 4) is 0 Å². The first kappa shape index (κ1) is 22.3. The molecule has 2 unspecified atom stereocenters. The van der Waals surface area contributed by atoms with Crippen LogP contribution >= 0.6 is 12.4 Å². The fourth-order valence-corrected chi connectivity index (χ4v) is 3.74. The summed E-state index contributed by atoms with van der Waals surface area (Å²) in [6, 6.07) is 6.35. The fraction of sp³-hybridized carbons (Fsp3) is 0.500. The van der Waals surface area contributed by atoms with Crippen LogP contribution in [0.2, 0.25) is 0 Å². The van der Waals surface area contributed by atoms with E-state index in [0.717, 1.165) is 31.0 Å². The lowest BCUT2D eigenvalue weighted by atomic mass is 10.1. The number of halogens is 2. The van der Waals surface area contributed by atoms with Crippen LogP contribution in [0.3, 0.4) is 0 Å². The Bertz CT molecular complexity index is 766. The van der Waals surface area contributed by atoms with E-state index in [-0.39, 0.29) is 36.2 Å². The quantitative estimate of drug-likeness (QED) is 0.796. The van der Waals surface area contributed by atoms with Gasteiger partial charge in [-0.3, -0.25) is 9.69 Å². The fourth-order valence-electron chi connectivity index (χ4n) is 3.74. The normalized spacial score (nSPS) is 18.4. The molecule has 1 aromatic heterocycles. The molecule has 1 aliphatic rings. The molecule has 0 spiro atoms. The van der Waals surface area contributed by atoms with Crippen molar-refractivity contribution in [2.24, 2.45) is 7.05 Å². The molecular formula is C20H29ClFN5O. The molecule has 0 bridgehead atoms. The van der Waals surface area contributed by atoms with Gasteiger partial charge in [-0.1, -0.05) is 12.1 Å². The highest BCUT2D eigenvalue weighted by Crippen LogP contribution is 2.23. The second-order valence-electron chi connectivity index (χ2n) is 6.99. The summed E-state index contributed by atoms with van der Waals surface area (Å²) in [7, 11) is 1.98. The van der Waals surface area contributed by atoms with Crippen LogP contribution in [0.25, 0.3) is 0 Å². The summed E-state index contributed by atoms with van der Waals surface area (Å²) >= 11 is 0. The maximum atomic E-state index is 13.2. The molecule has 3 rings (SSSR count). The molecule has 1 aromatic carbocycles. The van der Waals surface area contributed by atoms with Crippen LogP contribution in [0.15, 0.2) is 36.7 Å². The Morgan fingerprint density at radius 3 is 2.71 bits per heavy atom. The van der Waals surface area contributed by atoms with E-state index in [9.17, 15) is 9.18 Å². The van der Waals surface area contributed by atoms with E-state index in [4.69, 9.17) is 0 Å². The number of amides is 1. The Balaban J connectivity index is 0.00000280. The Hall–Kier alpha value is -1.96. The Morgan fingerprint density at radius 2 is 2.11 bits per heavy atom. The van der Waals surface area contributed by atoms with Crippen molar-refractivity contribution in [2.75, 3.05) is 32.7 Å². The summed E-state index contributed by atoms with van der Waals surface area (Å²) in [5, 5.41) is 3.40. The number of imidazole rings is 1. The molecule has 8 heteroatoms. The zero-order valence-corrected chi connectivity index (χ0v) is 17.5. The minimum atomic E-state index is -0.265. The molecular weight excluding hydrogens is 381 g/mol. The molecule has 0 saturated carbocycles. The van der Waals surface area contributed by atoms with Crippen LogP contribution in [0.4, 0.5) is 4.39 Å². The van der Waals surface area contributed by atoms with Crippen LogP contribution in [-0.2, 0) is 11.8 Å². The van der Waals surface area contributed by atoms with Crippen molar-refractivity contribution in [3.63, 3.8) is 0 Å². The smallest absolute Gasteiger partial charge is 0.237 e. The van der Waals surface area contributed by atoms with Crippen LogP contribution < -0.4 is 5.32 Å². The van der Waals surface area contributed by atoms with Gasteiger partial charge in [-0.05, 0) is 31.5 Å². The molecule has 6 nitrogen and oxygen atoms in total. The molecule has 154 valence electrons. The minimum Gasteiger partial charge on any atom is -0.337 e. The van der Waals surface area contributed by atoms with Gasteiger partial charge in [-0.2, -0.15) is 0 Å². The van der Waals surface area contributed by atoms with Crippen molar-refractivity contribution in [3.05, 3.63) is 53.9 Å². The number of hydrogen-bond donors (Lipinski definition) is 1. The number of nitrogens with one attached hydrogen (secondary N) is 1.